The van der Waals surface area contributed by atoms with Gasteiger partial charge in [0.05, 0.1) is 5.41 Å². The number of carbonyl (C=O) groups excluding carboxylic acids is 1. The van der Waals surface area contributed by atoms with Gasteiger partial charge in [-0.1, -0.05) is 38.2 Å². The summed E-state index contributed by atoms with van der Waals surface area (Å²) in [6.07, 6.45) is 10.6. The molecule has 0 N–H and O–H groups in total. The zero-order valence-corrected chi connectivity index (χ0v) is 9.63. The minimum Gasteiger partial charge on any atom is -0.299 e. The Morgan fingerprint density at radius 1 is 1.14 bits per heavy atom. The second-order valence-corrected chi connectivity index (χ2v) is 5.10. The molecule has 1 heteroatoms. The lowest BCUT2D eigenvalue weighted by atomic mass is 9.78. The van der Waals surface area contributed by atoms with Gasteiger partial charge in [0.1, 0.15) is 5.78 Å². The molecule has 0 spiro atoms. The summed E-state index contributed by atoms with van der Waals surface area (Å²) in [5, 5.41) is 0. The fraction of sp³-hybridized carbons (Fsp3) is 0.615. The van der Waals surface area contributed by atoms with Gasteiger partial charge in [0, 0.05) is 0 Å². The van der Waals surface area contributed by atoms with Crippen LogP contribution in [0.4, 0.5) is 0 Å². The summed E-state index contributed by atoms with van der Waals surface area (Å²) < 4.78 is 0. The topological polar surface area (TPSA) is 17.1 Å². The van der Waals surface area contributed by atoms with Crippen LogP contribution in [0.1, 0.15) is 40.5 Å². The quantitative estimate of drug-likeness (QED) is 0.581. The molecule has 14 heavy (non-hydrogen) atoms. The second-order valence-electron chi connectivity index (χ2n) is 5.10. The van der Waals surface area contributed by atoms with Gasteiger partial charge in [-0.05, 0) is 32.1 Å². The largest absolute Gasteiger partial charge is 0.299 e. The van der Waals surface area contributed by atoms with Crippen LogP contribution >= 0.6 is 0 Å². The molecule has 0 radical (unpaired) electrons. The van der Waals surface area contributed by atoms with E-state index in [9.17, 15) is 4.79 Å². The van der Waals surface area contributed by atoms with Crippen LogP contribution in [-0.4, -0.2) is 5.78 Å². The molecule has 1 atom stereocenters. The molecule has 0 aromatic heterocycles. The van der Waals surface area contributed by atoms with Crippen LogP contribution < -0.4 is 0 Å². The van der Waals surface area contributed by atoms with Crippen molar-refractivity contribution in [3.63, 3.8) is 0 Å². The molecule has 1 nitrogen and oxygen atoms in total. The van der Waals surface area contributed by atoms with Crippen molar-refractivity contribution in [3.8, 4) is 0 Å². The highest BCUT2D eigenvalue weighted by Crippen LogP contribution is 2.32. The highest BCUT2D eigenvalue weighted by Gasteiger charge is 2.26. The van der Waals surface area contributed by atoms with Gasteiger partial charge in [-0.3, -0.25) is 4.79 Å². The van der Waals surface area contributed by atoms with E-state index in [0.717, 1.165) is 12.8 Å². The average Bonchev–Trinajstić information content (AvgIpc) is 2.07. The second kappa shape index (κ2) is 3.72. The lowest BCUT2D eigenvalue weighted by molar-refractivity contribution is -0.121. The first-order valence-electron chi connectivity index (χ1n) is 5.25. The van der Waals surface area contributed by atoms with Gasteiger partial charge in [-0.2, -0.15) is 0 Å². The fourth-order valence-corrected chi connectivity index (χ4v) is 1.56. The smallest absolute Gasteiger partial charge is 0.143 e. The Morgan fingerprint density at radius 3 is 2.36 bits per heavy atom. The van der Waals surface area contributed by atoms with Crippen LogP contribution in [-0.2, 0) is 4.79 Å². The molecule has 0 bridgehead atoms. The van der Waals surface area contributed by atoms with E-state index in [1.54, 1.807) is 6.92 Å². The van der Waals surface area contributed by atoms with Gasteiger partial charge in [0.15, 0.2) is 0 Å². The predicted molar refractivity (Wildman–Crippen MR) is 60.1 cm³/mol. The standard InChI is InChI=1S/C13H20O/c1-11(14)13(4)8-6-5-7-12(2,3)9-10-13/h6,8-10H,5,7H2,1-4H3. The molecule has 0 heterocycles. The van der Waals surface area contributed by atoms with Gasteiger partial charge >= 0.3 is 0 Å². The number of carbonyl (C=O) groups is 1. The van der Waals surface area contributed by atoms with E-state index in [4.69, 9.17) is 0 Å². The summed E-state index contributed by atoms with van der Waals surface area (Å²) in [5.41, 5.74) is -0.181. The lowest BCUT2D eigenvalue weighted by Crippen LogP contribution is -2.22. The van der Waals surface area contributed by atoms with Gasteiger partial charge in [-0.25, -0.2) is 0 Å². The Balaban J connectivity index is 2.98. The van der Waals surface area contributed by atoms with E-state index >= 15 is 0 Å². The van der Waals surface area contributed by atoms with E-state index in [1.807, 2.05) is 19.1 Å². The molecule has 78 valence electrons. The van der Waals surface area contributed by atoms with Crippen LogP contribution in [0.15, 0.2) is 24.3 Å². The van der Waals surface area contributed by atoms with Crippen molar-refractivity contribution in [2.75, 3.05) is 0 Å². The zero-order valence-electron chi connectivity index (χ0n) is 9.63. The van der Waals surface area contributed by atoms with Crippen molar-refractivity contribution < 1.29 is 4.79 Å². The molecule has 0 amide bonds. The van der Waals surface area contributed by atoms with Crippen molar-refractivity contribution in [3.05, 3.63) is 24.3 Å². The first-order chi connectivity index (χ1) is 6.36. The Labute approximate surface area is 86.9 Å². The van der Waals surface area contributed by atoms with Crippen molar-refractivity contribution in [2.45, 2.75) is 40.5 Å². The van der Waals surface area contributed by atoms with Crippen LogP contribution in [0.3, 0.4) is 0 Å². The number of allylic oxidation sites excluding steroid dienone is 4. The molecule has 0 saturated carbocycles. The van der Waals surface area contributed by atoms with Crippen LogP contribution in [0.2, 0.25) is 0 Å². The first kappa shape index (κ1) is 11.2. The molecule has 1 aliphatic carbocycles. The third kappa shape index (κ3) is 2.57. The third-order valence-electron chi connectivity index (χ3n) is 3.06. The maximum Gasteiger partial charge on any atom is 0.143 e. The molecule has 1 aliphatic rings. The Bertz CT molecular complexity index is 284. The summed E-state index contributed by atoms with van der Waals surface area (Å²) in [6.45, 7) is 8.06. The fourth-order valence-electron chi connectivity index (χ4n) is 1.56. The summed E-state index contributed by atoms with van der Waals surface area (Å²) >= 11 is 0. The lowest BCUT2D eigenvalue weighted by Gasteiger charge is -2.26. The molecule has 0 aromatic carbocycles. The monoisotopic (exact) mass is 192 g/mol. The van der Waals surface area contributed by atoms with Crippen molar-refractivity contribution in [2.24, 2.45) is 10.8 Å². The summed E-state index contributed by atoms with van der Waals surface area (Å²) in [4.78, 5) is 11.5. The number of rotatable bonds is 1. The number of ketones is 1. The van der Waals surface area contributed by atoms with Gasteiger partial charge in [0.2, 0.25) is 0 Å². The maximum absolute atomic E-state index is 11.5. The van der Waals surface area contributed by atoms with E-state index in [-0.39, 0.29) is 11.2 Å². The summed E-state index contributed by atoms with van der Waals surface area (Å²) in [5.74, 6) is 0.211. The van der Waals surface area contributed by atoms with Crippen molar-refractivity contribution in [1.29, 1.82) is 0 Å². The number of hydrogen-bond donors (Lipinski definition) is 0. The molecular formula is C13H20O. The highest BCUT2D eigenvalue weighted by atomic mass is 16.1. The van der Waals surface area contributed by atoms with Gasteiger partial charge < -0.3 is 0 Å². The molecule has 0 saturated heterocycles. The number of hydrogen-bond acceptors (Lipinski definition) is 1. The van der Waals surface area contributed by atoms with Gasteiger partial charge in [-0.15, -0.1) is 0 Å². The van der Waals surface area contributed by atoms with Crippen molar-refractivity contribution >= 4 is 5.78 Å². The van der Waals surface area contributed by atoms with E-state index in [1.165, 1.54) is 0 Å². The molecule has 0 fully saturated rings. The van der Waals surface area contributed by atoms with Crippen LogP contribution in [0.5, 0.6) is 0 Å². The summed E-state index contributed by atoms with van der Waals surface area (Å²) in [7, 11) is 0. The first-order valence-corrected chi connectivity index (χ1v) is 5.25. The Hall–Kier alpha value is -0.850. The molecule has 0 aromatic rings. The Morgan fingerprint density at radius 2 is 1.79 bits per heavy atom. The van der Waals surface area contributed by atoms with E-state index in [2.05, 4.69) is 26.0 Å². The molecule has 1 rings (SSSR count). The van der Waals surface area contributed by atoms with E-state index in [0.29, 0.717) is 0 Å². The van der Waals surface area contributed by atoms with Crippen LogP contribution in [0, 0.1) is 10.8 Å². The maximum atomic E-state index is 11.5. The predicted octanol–water partition coefficient (Wildman–Crippen LogP) is 3.51. The zero-order chi connectivity index (χ0) is 10.8. The molecule has 1 unspecified atom stereocenters. The minimum atomic E-state index is -0.391. The van der Waals surface area contributed by atoms with E-state index < -0.39 is 5.41 Å². The Kier molecular flexibility index (Phi) is 2.98. The highest BCUT2D eigenvalue weighted by molar-refractivity contribution is 5.86. The summed E-state index contributed by atoms with van der Waals surface area (Å²) in [6, 6.07) is 0. The van der Waals surface area contributed by atoms with Crippen LogP contribution in [0.25, 0.3) is 0 Å². The van der Waals surface area contributed by atoms with Crippen molar-refractivity contribution in [1.82, 2.24) is 0 Å². The molecule has 0 aliphatic heterocycles. The number of Topliss-reactive ketones (excluding diaryl/α,β-unsaturated/α-hetero) is 1. The molecular weight excluding hydrogens is 172 g/mol. The minimum absolute atomic E-state index is 0.210. The average molecular weight is 192 g/mol. The normalized spacial score (nSPS) is 30.9. The van der Waals surface area contributed by atoms with Gasteiger partial charge in [0.25, 0.3) is 0 Å². The SMILES string of the molecule is CC(=O)C1(C)C=CCCC(C)(C)C=C1. The third-order valence-corrected chi connectivity index (χ3v) is 3.06.